The van der Waals surface area contributed by atoms with Crippen LogP contribution in [-0.2, 0) is 9.53 Å². The fourth-order valence-corrected chi connectivity index (χ4v) is 5.15. The second-order valence-corrected chi connectivity index (χ2v) is 8.32. The maximum Gasteiger partial charge on any atom is 0.310 e. The van der Waals surface area contributed by atoms with Gasteiger partial charge in [-0.25, -0.2) is 0 Å². The molecule has 1 spiro atoms. The molecule has 0 saturated heterocycles. The summed E-state index contributed by atoms with van der Waals surface area (Å²) in [5.74, 6) is 0.748. The van der Waals surface area contributed by atoms with Gasteiger partial charge in [0.15, 0.2) is 0 Å². The minimum atomic E-state index is -0.437. The van der Waals surface area contributed by atoms with Crippen LogP contribution in [0.2, 0.25) is 0 Å². The van der Waals surface area contributed by atoms with Crippen LogP contribution in [0, 0.1) is 29.1 Å². The van der Waals surface area contributed by atoms with Crippen LogP contribution in [-0.4, -0.2) is 22.8 Å². The maximum absolute atomic E-state index is 12.7. The summed E-state index contributed by atoms with van der Waals surface area (Å²) in [7, 11) is 0. The lowest BCUT2D eigenvalue weighted by Gasteiger charge is -2.45. The van der Waals surface area contributed by atoms with Gasteiger partial charge in [0.05, 0.1) is 12.0 Å². The topological polar surface area (TPSA) is 46.5 Å². The molecule has 0 aliphatic heterocycles. The first kappa shape index (κ1) is 15.1. The lowest BCUT2D eigenvalue weighted by Crippen LogP contribution is -2.47. The number of esters is 1. The molecule has 0 aromatic rings. The van der Waals surface area contributed by atoms with E-state index in [2.05, 4.69) is 19.1 Å². The highest BCUT2D eigenvalue weighted by atomic mass is 16.6. The van der Waals surface area contributed by atoms with Crippen LogP contribution in [0.5, 0.6) is 0 Å². The molecular weight excluding hydrogens is 264 g/mol. The summed E-state index contributed by atoms with van der Waals surface area (Å²) in [6, 6.07) is 0. The molecule has 3 aliphatic carbocycles. The number of allylic oxidation sites excluding steroid dienone is 1. The van der Waals surface area contributed by atoms with Gasteiger partial charge in [-0.05, 0) is 63.7 Å². The third-order valence-electron chi connectivity index (χ3n) is 5.99. The summed E-state index contributed by atoms with van der Waals surface area (Å²) in [5, 5.41) is 10.6. The number of fused-ring (bicyclic) bond motifs is 1. The van der Waals surface area contributed by atoms with Crippen molar-refractivity contribution in [3.63, 3.8) is 0 Å². The SMILES string of the molecule is C[C@H]1CCC=CC2C(O)[C@@H]3C[C@H](C(=O)OC(C)(C)C)[C@@]21C3. The van der Waals surface area contributed by atoms with Gasteiger partial charge in [0.25, 0.3) is 0 Å². The number of hydrogen-bond donors (Lipinski definition) is 1. The highest BCUT2D eigenvalue weighted by Gasteiger charge is 2.66. The van der Waals surface area contributed by atoms with Crippen LogP contribution in [0.3, 0.4) is 0 Å². The van der Waals surface area contributed by atoms with Crippen LogP contribution in [0.25, 0.3) is 0 Å². The van der Waals surface area contributed by atoms with Crippen LogP contribution in [0.15, 0.2) is 12.2 Å². The molecule has 3 rings (SSSR count). The third-order valence-corrected chi connectivity index (χ3v) is 5.99. The average molecular weight is 292 g/mol. The van der Waals surface area contributed by atoms with Crippen LogP contribution < -0.4 is 0 Å². The normalized spacial score (nSPS) is 45.3. The van der Waals surface area contributed by atoms with Crippen molar-refractivity contribution >= 4 is 5.97 Å². The summed E-state index contributed by atoms with van der Waals surface area (Å²) >= 11 is 0. The Morgan fingerprint density at radius 2 is 2.10 bits per heavy atom. The van der Waals surface area contributed by atoms with E-state index >= 15 is 0 Å². The van der Waals surface area contributed by atoms with Crippen molar-refractivity contribution in [2.75, 3.05) is 0 Å². The van der Waals surface area contributed by atoms with E-state index in [0.29, 0.717) is 5.92 Å². The molecular formula is C18H28O3. The quantitative estimate of drug-likeness (QED) is 0.596. The fourth-order valence-electron chi connectivity index (χ4n) is 5.15. The number of aliphatic hydroxyl groups excluding tert-OH is 1. The van der Waals surface area contributed by atoms with Gasteiger partial charge < -0.3 is 9.84 Å². The molecule has 0 radical (unpaired) electrons. The summed E-state index contributed by atoms with van der Waals surface area (Å²) < 4.78 is 5.70. The predicted molar refractivity (Wildman–Crippen MR) is 81.5 cm³/mol. The molecule has 6 atom stereocenters. The summed E-state index contributed by atoms with van der Waals surface area (Å²) in [5.41, 5.74) is -0.521. The Balaban J connectivity index is 1.93. The maximum atomic E-state index is 12.7. The van der Waals surface area contributed by atoms with Crippen molar-refractivity contribution in [2.24, 2.45) is 29.1 Å². The zero-order chi connectivity index (χ0) is 15.4. The standard InChI is InChI=1S/C18H28O3/c1-11-7-5-6-8-13-15(19)12-9-14(18(11,13)10-12)16(20)21-17(2,3)4/h6,8,11-15,19H,5,7,9-10H2,1-4H3/t11-,12+,13?,14+,15?,18+/m0/s1. The van der Waals surface area contributed by atoms with Crippen molar-refractivity contribution in [2.45, 2.75) is 65.1 Å². The molecule has 3 aliphatic rings. The molecule has 118 valence electrons. The molecule has 21 heavy (non-hydrogen) atoms. The number of hydrogen-bond acceptors (Lipinski definition) is 3. The van der Waals surface area contributed by atoms with E-state index in [-0.39, 0.29) is 35.2 Å². The second kappa shape index (κ2) is 4.84. The molecule has 2 unspecified atom stereocenters. The highest BCUT2D eigenvalue weighted by Crippen LogP contribution is 2.66. The highest BCUT2D eigenvalue weighted by molar-refractivity contribution is 5.75. The molecule has 0 amide bonds. The number of ether oxygens (including phenoxy) is 1. The van der Waals surface area contributed by atoms with Gasteiger partial charge in [0.1, 0.15) is 5.60 Å². The molecule has 0 aromatic heterocycles. The Kier molecular flexibility index (Phi) is 3.47. The van der Waals surface area contributed by atoms with Gasteiger partial charge in [-0.1, -0.05) is 19.1 Å². The molecule has 2 fully saturated rings. The summed E-state index contributed by atoms with van der Waals surface area (Å²) in [6.45, 7) is 8.05. The van der Waals surface area contributed by atoms with Crippen LogP contribution in [0.1, 0.15) is 53.4 Å². The van der Waals surface area contributed by atoms with E-state index in [1.807, 2.05) is 20.8 Å². The molecule has 1 N–H and O–H groups in total. The van der Waals surface area contributed by atoms with Gasteiger partial charge in [-0.3, -0.25) is 4.79 Å². The molecule has 3 heteroatoms. The van der Waals surface area contributed by atoms with Crippen LogP contribution in [0.4, 0.5) is 0 Å². The van der Waals surface area contributed by atoms with E-state index in [4.69, 9.17) is 4.74 Å². The zero-order valence-corrected chi connectivity index (χ0v) is 13.6. The van der Waals surface area contributed by atoms with E-state index < -0.39 is 5.60 Å². The lowest BCUT2D eigenvalue weighted by atomic mass is 9.60. The largest absolute Gasteiger partial charge is 0.460 e. The number of rotatable bonds is 1. The Hall–Kier alpha value is -0.830. The Morgan fingerprint density at radius 3 is 2.76 bits per heavy atom. The number of carbonyl (C=O) groups excluding carboxylic acids is 1. The summed E-state index contributed by atoms with van der Waals surface area (Å²) in [6.07, 6.45) is 8.04. The van der Waals surface area contributed by atoms with Gasteiger partial charge in [-0.15, -0.1) is 0 Å². The first-order chi connectivity index (χ1) is 9.75. The van der Waals surface area contributed by atoms with Gasteiger partial charge >= 0.3 is 5.97 Å². The Bertz CT molecular complexity index is 462. The minimum Gasteiger partial charge on any atom is -0.460 e. The van der Waals surface area contributed by atoms with E-state index in [1.165, 1.54) is 0 Å². The lowest BCUT2D eigenvalue weighted by molar-refractivity contribution is -0.169. The molecule has 2 saturated carbocycles. The molecule has 3 nitrogen and oxygen atoms in total. The third kappa shape index (κ3) is 2.25. The second-order valence-electron chi connectivity index (χ2n) is 8.32. The molecule has 0 aromatic carbocycles. The van der Waals surface area contributed by atoms with Crippen molar-refractivity contribution in [3.8, 4) is 0 Å². The van der Waals surface area contributed by atoms with E-state index in [0.717, 1.165) is 25.7 Å². The number of aliphatic hydroxyl groups is 1. The van der Waals surface area contributed by atoms with Crippen molar-refractivity contribution in [3.05, 3.63) is 12.2 Å². The molecule has 2 bridgehead atoms. The monoisotopic (exact) mass is 292 g/mol. The first-order valence-corrected chi connectivity index (χ1v) is 8.33. The first-order valence-electron chi connectivity index (χ1n) is 8.33. The average Bonchev–Trinajstić information content (AvgIpc) is 2.82. The molecule has 0 heterocycles. The smallest absolute Gasteiger partial charge is 0.310 e. The van der Waals surface area contributed by atoms with Crippen LogP contribution >= 0.6 is 0 Å². The van der Waals surface area contributed by atoms with Gasteiger partial charge in [-0.2, -0.15) is 0 Å². The van der Waals surface area contributed by atoms with E-state index in [9.17, 15) is 9.90 Å². The minimum absolute atomic E-state index is 0.0483. The Labute approximate surface area is 127 Å². The predicted octanol–water partition coefficient (Wildman–Crippen LogP) is 3.32. The van der Waals surface area contributed by atoms with Gasteiger partial charge in [0, 0.05) is 5.92 Å². The van der Waals surface area contributed by atoms with Crippen molar-refractivity contribution < 1.29 is 14.6 Å². The number of carbonyl (C=O) groups is 1. The summed E-state index contributed by atoms with van der Waals surface area (Å²) in [4.78, 5) is 12.7. The Morgan fingerprint density at radius 1 is 1.38 bits per heavy atom. The van der Waals surface area contributed by atoms with Crippen molar-refractivity contribution in [1.29, 1.82) is 0 Å². The van der Waals surface area contributed by atoms with E-state index in [1.54, 1.807) is 0 Å². The zero-order valence-electron chi connectivity index (χ0n) is 13.6. The van der Waals surface area contributed by atoms with Crippen molar-refractivity contribution in [1.82, 2.24) is 0 Å². The fraction of sp³-hybridized carbons (Fsp3) is 0.833. The van der Waals surface area contributed by atoms with Gasteiger partial charge in [0.2, 0.25) is 0 Å².